The number of allylic oxidation sites excluding steroid dienone is 2. The van der Waals surface area contributed by atoms with E-state index in [4.69, 9.17) is 4.42 Å². The highest BCUT2D eigenvalue weighted by Gasteiger charge is 2.57. The van der Waals surface area contributed by atoms with E-state index in [1.165, 1.54) is 11.1 Å². The maximum Gasteiger partial charge on any atom is 0.228 e. The molecule has 2 bridgehead atoms. The average Bonchev–Trinajstić information content (AvgIpc) is 3.64. The van der Waals surface area contributed by atoms with Crippen LogP contribution in [-0.4, -0.2) is 52.2 Å². The minimum atomic E-state index is -0.859. The van der Waals surface area contributed by atoms with Crippen LogP contribution >= 0.6 is 0 Å². The first kappa shape index (κ1) is 31.0. The Morgan fingerprint density at radius 1 is 1.00 bits per heavy atom. The van der Waals surface area contributed by atoms with E-state index in [2.05, 4.69) is 67.3 Å². The van der Waals surface area contributed by atoms with Crippen LogP contribution in [0, 0.1) is 11.3 Å². The summed E-state index contributed by atoms with van der Waals surface area (Å²) in [7, 11) is 0. The van der Waals surface area contributed by atoms with Crippen LogP contribution in [0.1, 0.15) is 104 Å². The van der Waals surface area contributed by atoms with Gasteiger partial charge in [-0.3, -0.25) is 4.79 Å². The van der Waals surface area contributed by atoms with Crippen LogP contribution in [0.2, 0.25) is 0 Å². The second kappa shape index (κ2) is 13.2. The Bertz CT molecular complexity index is 1440. The van der Waals surface area contributed by atoms with Crippen molar-refractivity contribution in [3.63, 3.8) is 0 Å². The molecule has 234 valence electrons. The number of nitrogens with zero attached hydrogens (tertiary/aromatic N) is 1. The van der Waals surface area contributed by atoms with Gasteiger partial charge >= 0.3 is 0 Å². The van der Waals surface area contributed by atoms with E-state index in [0.29, 0.717) is 36.6 Å². The molecule has 7 rings (SSSR count). The van der Waals surface area contributed by atoms with Crippen molar-refractivity contribution in [3.05, 3.63) is 107 Å². The molecule has 3 aliphatic carbocycles. The highest BCUT2D eigenvalue weighted by Crippen LogP contribution is 2.59. The van der Waals surface area contributed by atoms with Crippen LogP contribution in [0.5, 0.6) is 0 Å². The van der Waals surface area contributed by atoms with Gasteiger partial charge < -0.3 is 19.5 Å². The van der Waals surface area contributed by atoms with Crippen molar-refractivity contribution in [2.24, 2.45) is 11.3 Å². The number of benzene rings is 2. The molecule has 0 amide bonds. The molecule has 2 fully saturated rings. The first-order valence-electron chi connectivity index (χ1n) is 16.8. The maximum absolute atomic E-state index is 13.9. The van der Waals surface area contributed by atoms with Gasteiger partial charge in [-0.05, 0) is 131 Å². The quantitative estimate of drug-likeness (QED) is 0.228. The molecule has 4 atom stereocenters. The molecule has 3 aromatic rings. The molecule has 1 aromatic heterocycles. The molecule has 44 heavy (non-hydrogen) atoms. The Labute approximate surface area is 263 Å². The number of fused-ring (bicyclic) bond motifs is 8. The van der Waals surface area contributed by atoms with Crippen molar-refractivity contribution in [3.8, 4) is 0 Å². The summed E-state index contributed by atoms with van der Waals surface area (Å²) < 4.78 is 5.57. The molecule has 0 unspecified atom stereocenters. The van der Waals surface area contributed by atoms with Gasteiger partial charge in [-0.2, -0.15) is 0 Å². The summed E-state index contributed by atoms with van der Waals surface area (Å²) in [6.45, 7) is 7.14. The molecule has 0 spiro atoms. The number of furan rings is 1. The van der Waals surface area contributed by atoms with E-state index in [9.17, 15) is 15.0 Å². The Hall–Kier alpha value is -2.99. The van der Waals surface area contributed by atoms with Crippen LogP contribution in [0.15, 0.2) is 83.0 Å². The normalized spacial score (nSPS) is 28.8. The first-order chi connectivity index (χ1) is 21.2. The third kappa shape index (κ3) is 6.51. The van der Waals surface area contributed by atoms with Crippen LogP contribution in [0.4, 0.5) is 0 Å². The summed E-state index contributed by atoms with van der Waals surface area (Å²) in [6.07, 6.45) is 12.1. The van der Waals surface area contributed by atoms with Gasteiger partial charge in [0.25, 0.3) is 0 Å². The van der Waals surface area contributed by atoms with Gasteiger partial charge in [-0.15, -0.1) is 0 Å². The number of aliphatic hydroxyl groups is 2. The number of rotatable bonds is 6. The van der Waals surface area contributed by atoms with Gasteiger partial charge in [-0.1, -0.05) is 61.0 Å². The van der Waals surface area contributed by atoms with Crippen molar-refractivity contribution >= 4 is 5.78 Å². The van der Waals surface area contributed by atoms with Crippen molar-refractivity contribution in [1.82, 2.24) is 4.90 Å². The fraction of sp³-hybridized carbons (Fsp3) is 0.513. The lowest BCUT2D eigenvalue weighted by atomic mass is 9.64. The van der Waals surface area contributed by atoms with E-state index >= 15 is 0 Å². The number of likely N-dealkylation sites (tertiary alicyclic amines) is 1. The Balaban J connectivity index is 1.29. The SMILES string of the molecule is CC1=CCC[C@@]2(C)[C@@H](CC[C@@]2(O)CN2CCC(Cc3ccccc3)CC2)c2ccc(cc2C(=O)c2ccco2)C[C@@H](O)CC1. The van der Waals surface area contributed by atoms with E-state index in [1.807, 2.05) is 6.07 Å². The zero-order valence-electron chi connectivity index (χ0n) is 26.5. The predicted octanol–water partition coefficient (Wildman–Crippen LogP) is 7.50. The van der Waals surface area contributed by atoms with E-state index in [0.717, 1.165) is 75.6 Å². The molecular weight excluding hydrogens is 546 g/mol. The molecule has 5 nitrogen and oxygen atoms in total. The van der Waals surface area contributed by atoms with Gasteiger partial charge in [0.05, 0.1) is 18.0 Å². The van der Waals surface area contributed by atoms with Crippen molar-refractivity contribution in [1.29, 1.82) is 0 Å². The number of β-amino-alcohol motifs (C(OH)–C–C–N with tert-alkyl or cyclic N) is 1. The third-order valence-corrected chi connectivity index (χ3v) is 11.2. The van der Waals surface area contributed by atoms with Gasteiger partial charge in [0.2, 0.25) is 5.78 Å². The summed E-state index contributed by atoms with van der Waals surface area (Å²) in [5.41, 5.74) is 4.06. The number of carbonyl (C=O) groups is 1. The number of ketones is 1. The minimum Gasteiger partial charge on any atom is -0.461 e. The van der Waals surface area contributed by atoms with Gasteiger partial charge in [0, 0.05) is 17.5 Å². The molecule has 4 aliphatic rings. The van der Waals surface area contributed by atoms with E-state index in [1.54, 1.807) is 18.4 Å². The lowest BCUT2D eigenvalue weighted by Crippen LogP contribution is -2.53. The summed E-state index contributed by atoms with van der Waals surface area (Å²) in [4.78, 5) is 16.4. The van der Waals surface area contributed by atoms with Gasteiger partial charge in [0.15, 0.2) is 5.76 Å². The fourth-order valence-corrected chi connectivity index (χ4v) is 8.40. The fourth-order valence-electron chi connectivity index (χ4n) is 8.40. The number of aliphatic hydroxyl groups excluding tert-OH is 1. The average molecular weight is 596 g/mol. The van der Waals surface area contributed by atoms with Crippen LogP contribution in [0.25, 0.3) is 0 Å². The summed E-state index contributed by atoms with van der Waals surface area (Å²) in [6, 6.07) is 20.5. The number of piperidine rings is 1. The molecule has 1 saturated carbocycles. The maximum atomic E-state index is 13.9. The Kier molecular flexibility index (Phi) is 9.28. The summed E-state index contributed by atoms with van der Waals surface area (Å²) in [5.74, 6) is 0.928. The summed E-state index contributed by atoms with van der Waals surface area (Å²) in [5, 5.41) is 23.5. The topological polar surface area (TPSA) is 73.9 Å². The minimum absolute atomic E-state index is 0.0349. The Morgan fingerprint density at radius 2 is 1.80 bits per heavy atom. The lowest BCUT2D eigenvalue weighted by Gasteiger charge is -2.47. The zero-order valence-corrected chi connectivity index (χ0v) is 26.5. The molecule has 2 N–H and O–H groups in total. The first-order valence-corrected chi connectivity index (χ1v) is 16.8. The number of hydrogen-bond acceptors (Lipinski definition) is 5. The van der Waals surface area contributed by atoms with Crippen LogP contribution in [-0.2, 0) is 12.8 Å². The highest BCUT2D eigenvalue weighted by atomic mass is 16.3. The molecule has 2 heterocycles. The van der Waals surface area contributed by atoms with Crippen molar-refractivity contribution in [2.45, 2.75) is 95.7 Å². The summed E-state index contributed by atoms with van der Waals surface area (Å²) >= 11 is 0. The standard InChI is InChI=1S/C39H49NO4/c1-28-8-6-19-38(2)35(16-20-39(38,43)27-40-21-17-30(18-22-40)24-29-9-4-3-5-10-29)33-15-13-31(25-32(41)14-12-28)26-34(33)37(42)36-11-7-23-44-36/h3-5,7-11,13,15,23,26,30,32,35,41,43H,6,12,14,16-22,24-25,27H2,1-2H3/t32-,35-,38-,39+/m0/s1. The molecule has 1 aliphatic heterocycles. The highest BCUT2D eigenvalue weighted by molar-refractivity contribution is 6.08. The van der Waals surface area contributed by atoms with Crippen LogP contribution in [0.3, 0.4) is 0 Å². The van der Waals surface area contributed by atoms with Crippen molar-refractivity contribution in [2.75, 3.05) is 19.6 Å². The molecule has 5 heteroatoms. The van der Waals surface area contributed by atoms with Gasteiger partial charge in [-0.25, -0.2) is 0 Å². The zero-order chi connectivity index (χ0) is 30.7. The third-order valence-electron chi connectivity index (χ3n) is 11.2. The molecular formula is C39H49NO4. The number of carbonyl (C=O) groups excluding carboxylic acids is 1. The second-order valence-electron chi connectivity index (χ2n) is 14.2. The largest absolute Gasteiger partial charge is 0.461 e. The lowest BCUT2D eigenvalue weighted by molar-refractivity contribution is -0.0873. The monoisotopic (exact) mass is 595 g/mol. The van der Waals surface area contributed by atoms with E-state index < -0.39 is 17.1 Å². The molecule has 2 aromatic carbocycles. The Morgan fingerprint density at radius 3 is 2.55 bits per heavy atom. The van der Waals surface area contributed by atoms with E-state index in [-0.39, 0.29) is 11.7 Å². The smallest absolute Gasteiger partial charge is 0.228 e. The molecule has 0 radical (unpaired) electrons. The predicted molar refractivity (Wildman–Crippen MR) is 175 cm³/mol. The second-order valence-corrected chi connectivity index (χ2v) is 14.2. The molecule has 1 saturated heterocycles. The van der Waals surface area contributed by atoms with Crippen LogP contribution < -0.4 is 0 Å². The van der Waals surface area contributed by atoms with Crippen molar-refractivity contribution < 1.29 is 19.4 Å². The van der Waals surface area contributed by atoms with Gasteiger partial charge in [0.1, 0.15) is 0 Å². The number of hydrogen-bond donors (Lipinski definition) is 2.